The Kier molecular flexibility index (Phi) is 6.28. The summed E-state index contributed by atoms with van der Waals surface area (Å²) in [6.45, 7) is 1.41. The van der Waals surface area contributed by atoms with Crippen molar-refractivity contribution in [3.8, 4) is 0 Å². The molecule has 0 radical (unpaired) electrons. The van der Waals surface area contributed by atoms with Crippen LogP contribution >= 0.6 is 23.1 Å². The van der Waals surface area contributed by atoms with Gasteiger partial charge < -0.3 is 15.2 Å². The Morgan fingerprint density at radius 1 is 1.13 bits per heavy atom. The molecule has 1 aliphatic carbocycles. The number of amides is 3. The van der Waals surface area contributed by atoms with Gasteiger partial charge >= 0.3 is 0 Å². The number of rotatable bonds is 8. The molecule has 3 amide bonds. The van der Waals surface area contributed by atoms with Crippen molar-refractivity contribution in [1.29, 1.82) is 0 Å². The molecule has 0 atom stereocenters. The van der Waals surface area contributed by atoms with Crippen LogP contribution in [0.1, 0.15) is 41.9 Å². The van der Waals surface area contributed by atoms with Crippen molar-refractivity contribution in [2.45, 2.75) is 30.0 Å². The molecule has 31 heavy (non-hydrogen) atoms. The zero-order valence-corrected chi connectivity index (χ0v) is 18.0. The summed E-state index contributed by atoms with van der Waals surface area (Å²) < 4.78 is 5.72. The van der Waals surface area contributed by atoms with E-state index in [4.69, 9.17) is 4.52 Å². The summed E-state index contributed by atoms with van der Waals surface area (Å²) in [7, 11) is 0. The molecule has 160 valence electrons. The zero-order valence-electron chi connectivity index (χ0n) is 16.4. The lowest BCUT2D eigenvalue weighted by atomic mass is 10.2. The highest BCUT2D eigenvalue weighted by atomic mass is 32.2. The van der Waals surface area contributed by atoms with Crippen LogP contribution in [0, 0.1) is 0 Å². The minimum Gasteiger partial charge on any atom is -0.360 e. The van der Waals surface area contributed by atoms with Crippen LogP contribution in [0.25, 0.3) is 0 Å². The molecule has 3 N–H and O–H groups in total. The fraction of sp³-hybridized carbons (Fsp3) is 0.263. The fourth-order valence-corrected chi connectivity index (χ4v) is 4.19. The third kappa shape index (κ3) is 5.89. The summed E-state index contributed by atoms with van der Waals surface area (Å²) in [6, 6.07) is 8.51. The van der Waals surface area contributed by atoms with Gasteiger partial charge in [-0.05, 0) is 31.0 Å². The third-order valence-corrected chi connectivity index (χ3v) is 6.13. The van der Waals surface area contributed by atoms with Crippen molar-refractivity contribution in [3.05, 3.63) is 41.8 Å². The Hall–Kier alpha value is -3.25. The molecule has 2 heterocycles. The standard InChI is InChI=1S/C19H18N6O4S2/c1-10(26)20-12-3-2-4-13(7-12)21-16(27)9-30-19-24-23-18(31-19)22-17(28)14-8-15(29-25-14)11-5-6-11/h2-4,7-8,11H,5-6,9H2,1H3,(H,20,26)(H,21,27)(H,22,23,28). The second kappa shape index (κ2) is 9.27. The van der Waals surface area contributed by atoms with Crippen molar-refractivity contribution in [3.63, 3.8) is 0 Å². The van der Waals surface area contributed by atoms with Crippen LogP contribution in [0.3, 0.4) is 0 Å². The molecule has 4 rings (SSSR count). The maximum absolute atomic E-state index is 12.3. The van der Waals surface area contributed by atoms with Gasteiger partial charge in [-0.15, -0.1) is 10.2 Å². The number of benzene rings is 1. The van der Waals surface area contributed by atoms with Crippen molar-refractivity contribution in [2.24, 2.45) is 0 Å². The normalized spacial score (nSPS) is 12.9. The van der Waals surface area contributed by atoms with Crippen molar-refractivity contribution >= 4 is 57.3 Å². The first kappa shape index (κ1) is 21.0. The third-order valence-electron chi connectivity index (χ3n) is 4.16. The van der Waals surface area contributed by atoms with E-state index in [1.807, 2.05) is 0 Å². The lowest BCUT2D eigenvalue weighted by Crippen LogP contribution is -2.14. The minimum absolute atomic E-state index is 0.112. The lowest BCUT2D eigenvalue weighted by Gasteiger charge is -2.07. The predicted octanol–water partition coefficient (Wildman–Crippen LogP) is 3.35. The Morgan fingerprint density at radius 3 is 2.65 bits per heavy atom. The van der Waals surface area contributed by atoms with Crippen LogP contribution in [0.2, 0.25) is 0 Å². The van der Waals surface area contributed by atoms with Crippen LogP contribution in [0.15, 0.2) is 39.2 Å². The van der Waals surface area contributed by atoms with Gasteiger partial charge in [0.05, 0.1) is 5.75 Å². The maximum atomic E-state index is 12.3. The molecule has 3 aromatic rings. The molecule has 1 aliphatic rings. The molecule has 0 spiro atoms. The molecule has 1 saturated carbocycles. The largest absolute Gasteiger partial charge is 0.360 e. The number of carbonyl (C=O) groups is 3. The van der Waals surface area contributed by atoms with Gasteiger partial charge in [-0.3, -0.25) is 19.7 Å². The number of anilines is 3. The first-order valence-electron chi connectivity index (χ1n) is 9.38. The van der Waals surface area contributed by atoms with Crippen LogP contribution in [0.5, 0.6) is 0 Å². The van der Waals surface area contributed by atoms with Crippen LogP contribution < -0.4 is 16.0 Å². The number of aromatic nitrogens is 3. The molecule has 1 aromatic carbocycles. The highest BCUT2D eigenvalue weighted by Crippen LogP contribution is 2.40. The maximum Gasteiger partial charge on any atom is 0.279 e. The summed E-state index contributed by atoms with van der Waals surface area (Å²) in [5.41, 5.74) is 1.37. The monoisotopic (exact) mass is 458 g/mol. The second-order valence-corrected chi connectivity index (χ2v) is 9.01. The predicted molar refractivity (Wildman–Crippen MR) is 116 cm³/mol. The van der Waals surface area contributed by atoms with E-state index in [1.54, 1.807) is 30.3 Å². The van der Waals surface area contributed by atoms with E-state index in [0.717, 1.165) is 29.9 Å². The van der Waals surface area contributed by atoms with E-state index in [9.17, 15) is 14.4 Å². The summed E-state index contributed by atoms with van der Waals surface area (Å²) >= 11 is 2.36. The van der Waals surface area contributed by atoms with E-state index >= 15 is 0 Å². The molecule has 2 aromatic heterocycles. The van der Waals surface area contributed by atoms with Gasteiger partial charge in [0.2, 0.25) is 16.9 Å². The average molecular weight is 459 g/mol. The van der Waals surface area contributed by atoms with E-state index in [-0.39, 0.29) is 23.3 Å². The summed E-state index contributed by atoms with van der Waals surface area (Å²) in [6.07, 6.45) is 2.11. The van der Waals surface area contributed by atoms with Gasteiger partial charge in [-0.1, -0.05) is 34.3 Å². The number of hydrogen-bond acceptors (Lipinski definition) is 9. The Labute approximate surface area is 185 Å². The molecule has 0 unspecified atom stereocenters. The molecule has 0 bridgehead atoms. The van der Waals surface area contributed by atoms with Gasteiger partial charge in [0.15, 0.2) is 10.0 Å². The quantitative estimate of drug-likeness (QED) is 0.345. The summed E-state index contributed by atoms with van der Waals surface area (Å²) in [4.78, 5) is 35.6. The summed E-state index contributed by atoms with van der Waals surface area (Å²) in [5, 5.41) is 20.1. The molecule has 0 aliphatic heterocycles. The number of thioether (sulfide) groups is 1. The van der Waals surface area contributed by atoms with Crippen molar-refractivity contribution in [2.75, 3.05) is 21.7 Å². The smallest absolute Gasteiger partial charge is 0.279 e. The van der Waals surface area contributed by atoms with Crippen molar-refractivity contribution < 1.29 is 18.9 Å². The van der Waals surface area contributed by atoms with E-state index in [2.05, 4.69) is 31.3 Å². The van der Waals surface area contributed by atoms with Gasteiger partial charge in [-0.2, -0.15) is 0 Å². The molecular weight excluding hydrogens is 440 g/mol. The first-order chi connectivity index (χ1) is 15.0. The minimum atomic E-state index is -0.417. The number of carbonyl (C=O) groups excluding carboxylic acids is 3. The molecule has 10 nitrogen and oxygen atoms in total. The molecule has 1 fully saturated rings. The number of nitrogens with one attached hydrogen (secondary N) is 3. The number of nitrogens with zero attached hydrogens (tertiary/aromatic N) is 3. The molecule has 0 saturated heterocycles. The fourth-order valence-electron chi connectivity index (χ4n) is 2.64. The molecular formula is C19H18N6O4S2. The Bertz CT molecular complexity index is 1120. The van der Waals surface area contributed by atoms with Crippen LogP contribution in [-0.2, 0) is 9.59 Å². The van der Waals surface area contributed by atoms with Gasteiger partial charge in [0.1, 0.15) is 5.76 Å². The summed E-state index contributed by atoms with van der Waals surface area (Å²) in [5.74, 6) is 0.372. The average Bonchev–Trinajstić information content (AvgIpc) is 3.28. The lowest BCUT2D eigenvalue weighted by molar-refractivity contribution is -0.114. The second-order valence-electron chi connectivity index (χ2n) is 6.81. The Balaban J connectivity index is 1.26. The van der Waals surface area contributed by atoms with E-state index in [0.29, 0.717) is 26.8 Å². The van der Waals surface area contributed by atoms with Crippen LogP contribution in [-0.4, -0.2) is 38.8 Å². The number of hydrogen-bond donors (Lipinski definition) is 3. The molecule has 12 heteroatoms. The van der Waals surface area contributed by atoms with Gasteiger partial charge in [-0.25, -0.2) is 0 Å². The van der Waals surface area contributed by atoms with Crippen molar-refractivity contribution in [1.82, 2.24) is 15.4 Å². The zero-order chi connectivity index (χ0) is 21.8. The van der Waals surface area contributed by atoms with Crippen LogP contribution in [0.4, 0.5) is 16.5 Å². The SMILES string of the molecule is CC(=O)Nc1cccc(NC(=O)CSc2nnc(NC(=O)c3cc(C4CC4)on3)s2)c1. The van der Waals surface area contributed by atoms with Gasteiger partial charge in [0.25, 0.3) is 5.91 Å². The first-order valence-corrected chi connectivity index (χ1v) is 11.2. The Morgan fingerprint density at radius 2 is 1.90 bits per heavy atom. The topological polar surface area (TPSA) is 139 Å². The highest BCUT2D eigenvalue weighted by Gasteiger charge is 2.29. The highest BCUT2D eigenvalue weighted by molar-refractivity contribution is 8.01. The van der Waals surface area contributed by atoms with Gasteiger partial charge in [0, 0.05) is 30.3 Å². The van der Waals surface area contributed by atoms with E-state index in [1.165, 1.54) is 18.7 Å². The van der Waals surface area contributed by atoms with E-state index < -0.39 is 5.91 Å².